The molecule has 0 unspecified atom stereocenters. The van der Waals surface area contributed by atoms with Crippen molar-refractivity contribution >= 4 is 58.1 Å². The van der Waals surface area contributed by atoms with E-state index < -0.39 is 6.03 Å². The largest absolute Gasteiger partial charge is 0.349 e. The maximum atomic E-state index is 12.7. The number of halogens is 3. The maximum absolute atomic E-state index is 12.7. The fourth-order valence-corrected chi connectivity index (χ4v) is 3.87. The first-order valence-corrected chi connectivity index (χ1v) is 10.6. The molecule has 0 aliphatic heterocycles. The van der Waals surface area contributed by atoms with Crippen molar-refractivity contribution in [3.05, 3.63) is 57.0 Å². The van der Waals surface area contributed by atoms with Crippen molar-refractivity contribution in [3.8, 4) is 0 Å². The first-order chi connectivity index (χ1) is 13.8. The Hall–Kier alpha value is -1.95. The number of amides is 3. The van der Waals surface area contributed by atoms with Crippen molar-refractivity contribution in [1.82, 2.24) is 5.32 Å². The number of hydrogen-bond acceptors (Lipinski definition) is 2. The standard InChI is InChI=1S/C21H22Cl3N3O2/c1-12-4-2-3-5-18(12)26-20(28)13-6-8-16(23)19(10-13)27-21(29)25-14-7-9-15(22)17(24)11-14/h6-12,18H,2-5H2,1H3,(H,26,28)(H2,25,27,29)/t12-,18+/m1/s1. The van der Waals surface area contributed by atoms with Crippen molar-refractivity contribution in [2.24, 2.45) is 5.92 Å². The van der Waals surface area contributed by atoms with E-state index in [1.54, 1.807) is 36.4 Å². The molecular formula is C21H22Cl3N3O2. The van der Waals surface area contributed by atoms with Gasteiger partial charge in [0.1, 0.15) is 0 Å². The van der Waals surface area contributed by atoms with Gasteiger partial charge in [-0.3, -0.25) is 4.79 Å². The second-order valence-electron chi connectivity index (χ2n) is 7.24. The molecule has 1 fully saturated rings. The average molecular weight is 455 g/mol. The van der Waals surface area contributed by atoms with Gasteiger partial charge < -0.3 is 16.0 Å². The summed E-state index contributed by atoms with van der Waals surface area (Å²) in [5, 5.41) is 9.47. The van der Waals surface area contributed by atoms with Crippen LogP contribution in [0.1, 0.15) is 43.0 Å². The molecule has 0 bridgehead atoms. The lowest BCUT2D eigenvalue weighted by Gasteiger charge is -2.29. The van der Waals surface area contributed by atoms with Gasteiger partial charge in [0.15, 0.2) is 0 Å². The SMILES string of the molecule is C[C@@H]1CCCC[C@@H]1NC(=O)c1ccc(Cl)c(NC(=O)Nc2ccc(Cl)c(Cl)c2)c1. The van der Waals surface area contributed by atoms with Crippen LogP contribution in [0, 0.1) is 5.92 Å². The van der Waals surface area contributed by atoms with Crippen molar-refractivity contribution < 1.29 is 9.59 Å². The highest BCUT2D eigenvalue weighted by molar-refractivity contribution is 6.42. The number of carbonyl (C=O) groups is 2. The van der Waals surface area contributed by atoms with Gasteiger partial charge in [0, 0.05) is 17.3 Å². The number of nitrogens with one attached hydrogen (secondary N) is 3. The summed E-state index contributed by atoms with van der Waals surface area (Å²) in [5.41, 5.74) is 1.26. The minimum Gasteiger partial charge on any atom is -0.349 e. The van der Waals surface area contributed by atoms with Gasteiger partial charge in [-0.2, -0.15) is 0 Å². The van der Waals surface area contributed by atoms with Crippen LogP contribution in [0.15, 0.2) is 36.4 Å². The van der Waals surface area contributed by atoms with Gasteiger partial charge >= 0.3 is 6.03 Å². The highest BCUT2D eigenvalue weighted by atomic mass is 35.5. The molecule has 8 heteroatoms. The van der Waals surface area contributed by atoms with Gasteiger partial charge in [-0.15, -0.1) is 0 Å². The highest BCUT2D eigenvalue weighted by Crippen LogP contribution is 2.27. The second kappa shape index (κ2) is 9.70. The molecule has 0 spiro atoms. The van der Waals surface area contributed by atoms with Crippen LogP contribution in [-0.2, 0) is 0 Å². The molecule has 2 aromatic carbocycles. The molecule has 1 saturated carbocycles. The maximum Gasteiger partial charge on any atom is 0.323 e. The Bertz CT molecular complexity index is 920. The van der Waals surface area contributed by atoms with Gasteiger partial charge in [-0.1, -0.05) is 54.6 Å². The molecule has 3 N–H and O–H groups in total. The van der Waals surface area contributed by atoms with E-state index in [9.17, 15) is 9.59 Å². The number of benzene rings is 2. The van der Waals surface area contributed by atoms with Crippen LogP contribution >= 0.6 is 34.8 Å². The smallest absolute Gasteiger partial charge is 0.323 e. The molecular weight excluding hydrogens is 433 g/mol. The lowest BCUT2D eigenvalue weighted by atomic mass is 9.86. The molecule has 2 atom stereocenters. The third kappa shape index (κ3) is 5.78. The lowest BCUT2D eigenvalue weighted by Crippen LogP contribution is -2.41. The molecule has 1 aliphatic carbocycles. The summed E-state index contributed by atoms with van der Waals surface area (Å²) in [5.74, 6) is 0.280. The monoisotopic (exact) mass is 453 g/mol. The zero-order valence-corrected chi connectivity index (χ0v) is 18.2. The predicted molar refractivity (Wildman–Crippen MR) is 119 cm³/mol. The van der Waals surface area contributed by atoms with E-state index in [0.29, 0.717) is 37.9 Å². The summed E-state index contributed by atoms with van der Waals surface area (Å²) in [7, 11) is 0. The summed E-state index contributed by atoms with van der Waals surface area (Å²) >= 11 is 18.0. The molecule has 5 nitrogen and oxygen atoms in total. The third-order valence-corrected chi connectivity index (χ3v) is 6.15. The van der Waals surface area contributed by atoms with E-state index in [4.69, 9.17) is 34.8 Å². The second-order valence-corrected chi connectivity index (χ2v) is 8.47. The van der Waals surface area contributed by atoms with Crippen molar-refractivity contribution in [2.45, 2.75) is 38.6 Å². The molecule has 2 aromatic rings. The van der Waals surface area contributed by atoms with Gasteiger partial charge in [0.2, 0.25) is 0 Å². The average Bonchev–Trinajstić information content (AvgIpc) is 2.68. The van der Waals surface area contributed by atoms with Crippen LogP contribution in [0.2, 0.25) is 15.1 Å². The minimum atomic E-state index is -0.510. The molecule has 1 aliphatic rings. The molecule has 0 radical (unpaired) electrons. The fourth-order valence-electron chi connectivity index (χ4n) is 3.40. The summed E-state index contributed by atoms with van der Waals surface area (Å²) in [6, 6.07) is 9.22. The zero-order valence-electron chi connectivity index (χ0n) is 15.9. The Kier molecular flexibility index (Phi) is 7.28. The number of rotatable bonds is 4. The van der Waals surface area contributed by atoms with E-state index in [1.807, 2.05) is 0 Å². The number of anilines is 2. The molecule has 3 amide bonds. The van der Waals surface area contributed by atoms with E-state index >= 15 is 0 Å². The molecule has 0 heterocycles. The van der Waals surface area contributed by atoms with Gasteiger partial charge in [0.05, 0.1) is 20.8 Å². The predicted octanol–water partition coefficient (Wildman–Crippen LogP) is 6.60. The Morgan fingerprint density at radius 2 is 1.62 bits per heavy atom. The van der Waals surface area contributed by atoms with E-state index in [2.05, 4.69) is 22.9 Å². The number of urea groups is 1. The van der Waals surface area contributed by atoms with Gasteiger partial charge in [-0.05, 0) is 55.2 Å². The summed E-state index contributed by atoms with van der Waals surface area (Å²) in [4.78, 5) is 25.0. The van der Waals surface area contributed by atoms with E-state index in [1.165, 1.54) is 6.42 Å². The molecule has 29 heavy (non-hydrogen) atoms. The van der Waals surface area contributed by atoms with E-state index in [0.717, 1.165) is 19.3 Å². The molecule has 154 valence electrons. The minimum absolute atomic E-state index is 0.168. The van der Waals surface area contributed by atoms with Gasteiger partial charge in [-0.25, -0.2) is 4.79 Å². The Morgan fingerprint density at radius 1 is 0.897 bits per heavy atom. The molecule has 0 saturated heterocycles. The fraction of sp³-hybridized carbons (Fsp3) is 0.333. The lowest BCUT2D eigenvalue weighted by molar-refractivity contribution is 0.0910. The van der Waals surface area contributed by atoms with Gasteiger partial charge in [0.25, 0.3) is 5.91 Å². The van der Waals surface area contributed by atoms with Crippen LogP contribution in [-0.4, -0.2) is 18.0 Å². The molecule has 0 aromatic heterocycles. The van der Waals surface area contributed by atoms with Crippen LogP contribution in [0.5, 0.6) is 0 Å². The Labute approximate surface area is 185 Å². The van der Waals surface area contributed by atoms with Crippen LogP contribution in [0.4, 0.5) is 16.2 Å². The summed E-state index contributed by atoms with van der Waals surface area (Å²) < 4.78 is 0. The van der Waals surface area contributed by atoms with Crippen molar-refractivity contribution in [2.75, 3.05) is 10.6 Å². The van der Waals surface area contributed by atoms with Crippen molar-refractivity contribution in [1.29, 1.82) is 0 Å². The highest BCUT2D eigenvalue weighted by Gasteiger charge is 2.23. The Morgan fingerprint density at radius 3 is 2.34 bits per heavy atom. The Balaban J connectivity index is 1.67. The van der Waals surface area contributed by atoms with Crippen LogP contribution in [0.25, 0.3) is 0 Å². The quantitative estimate of drug-likeness (QED) is 0.487. The summed E-state index contributed by atoms with van der Waals surface area (Å²) in [6.45, 7) is 2.16. The van der Waals surface area contributed by atoms with Crippen molar-refractivity contribution in [3.63, 3.8) is 0 Å². The first-order valence-electron chi connectivity index (χ1n) is 9.47. The summed E-state index contributed by atoms with van der Waals surface area (Å²) in [6.07, 6.45) is 4.43. The van der Waals surface area contributed by atoms with Crippen LogP contribution < -0.4 is 16.0 Å². The molecule has 3 rings (SSSR count). The number of carbonyl (C=O) groups excluding carboxylic acids is 2. The third-order valence-electron chi connectivity index (χ3n) is 5.08. The van der Waals surface area contributed by atoms with Crippen LogP contribution in [0.3, 0.4) is 0 Å². The first kappa shape index (κ1) is 21.8. The normalized spacial score (nSPS) is 18.8. The van der Waals surface area contributed by atoms with E-state index in [-0.39, 0.29) is 11.9 Å². The topological polar surface area (TPSA) is 70.2 Å². The zero-order chi connectivity index (χ0) is 21.0. The number of hydrogen-bond donors (Lipinski definition) is 3.